The summed E-state index contributed by atoms with van der Waals surface area (Å²) in [7, 11) is -3.03. The number of hydrogen-bond acceptors (Lipinski definition) is 6. The minimum Gasteiger partial charge on any atom is -0.465 e. The second-order valence-electron chi connectivity index (χ2n) is 7.50. The van der Waals surface area contributed by atoms with Gasteiger partial charge >= 0.3 is 5.97 Å². The van der Waals surface area contributed by atoms with Crippen molar-refractivity contribution in [3.8, 4) is 6.07 Å². The summed E-state index contributed by atoms with van der Waals surface area (Å²) in [5.41, 5.74) is 0.982. The maximum Gasteiger partial charge on any atom is 0.337 e. The zero-order chi connectivity index (χ0) is 23.5. The van der Waals surface area contributed by atoms with Gasteiger partial charge in [0.15, 0.2) is 0 Å². The van der Waals surface area contributed by atoms with Crippen molar-refractivity contribution in [2.45, 2.75) is 37.0 Å². The highest BCUT2D eigenvalue weighted by molar-refractivity contribution is 7.92. The van der Waals surface area contributed by atoms with E-state index in [0.29, 0.717) is 18.5 Å². The second kappa shape index (κ2) is 9.12. The molecule has 10 heteroatoms. The van der Waals surface area contributed by atoms with Crippen molar-refractivity contribution in [1.29, 1.82) is 5.26 Å². The standard InChI is InChI=1S/C22H23F2N3O4S/c1-3-16-6-7-17(21(28)31-2)12-20(16)32(29,30)26-18-11-15(13-25)5-8-19(18)27-10-4-9-22(23,24)14-27/h5-8,11-12,26H,3-4,9-10,14H2,1-2H3. The lowest BCUT2D eigenvalue weighted by Crippen LogP contribution is -2.43. The van der Waals surface area contributed by atoms with Gasteiger partial charge in [-0.2, -0.15) is 5.26 Å². The first-order chi connectivity index (χ1) is 15.1. The molecule has 1 aliphatic rings. The number of methoxy groups -OCH3 is 1. The van der Waals surface area contributed by atoms with Crippen LogP contribution in [0.5, 0.6) is 0 Å². The molecule has 2 aromatic carbocycles. The average molecular weight is 464 g/mol. The zero-order valence-electron chi connectivity index (χ0n) is 17.7. The van der Waals surface area contributed by atoms with Gasteiger partial charge in [-0.05, 0) is 48.7 Å². The zero-order valence-corrected chi connectivity index (χ0v) is 18.5. The first-order valence-electron chi connectivity index (χ1n) is 10.0. The number of rotatable bonds is 6. The highest BCUT2D eigenvalue weighted by Crippen LogP contribution is 2.35. The molecule has 170 valence electrons. The Morgan fingerprint density at radius 2 is 2.03 bits per heavy atom. The normalized spacial score (nSPS) is 15.7. The van der Waals surface area contributed by atoms with E-state index in [9.17, 15) is 27.3 Å². The van der Waals surface area contributed by atoms with E-state index >= 15 is 0 Å². The highest BCUT2D eigenvalue weighted by atomic mass is 32.2. The van der Waals surface area contributed by atoms with E-state index < -0.39 is 28.5 Å². The molecule has 3 rings (SSSR count). The minimum absolute atomic E-state index is 0.0206. The molecule has 0 spiro atoms. The van der Waals surface area contributed by atoms with Crippen molar-refractivity contribution in [1.82, 2.24) is 0 Å². The van der Waals surface area contributed by atoms with Crippen LogP contribution in [0.15, 0.2) is 41.3 Å². The average Bonchev–Trinajstić information content (AvgIpc) is 2.77. The molecule has 0 atom stereocenters. The number of nitrogens with one attached hydrogen (secondary N) is 1. The summed E-state index contributed by atoms with van der Waals surface area (Å²) in [6.45, 7) is 1.55. The van der Waals surface area contributed by atoms with Gasteiger partial charge in [0, 0.05) is 13.0 Å². The maximum atomic E-state index is 14.0. The van der Waals surface area contributed by atoms with E-state index in [0.717, 1.165) is 0 Å². The summed E-state index contributed by atoms with van der Waals surface area (Å²) in [6.07, 6.45) is 0.391. The van der Waals surface area contributed by atoms with Crippen molar-refractivity contribution in [3.63, 3.8) is 0 Å². The molecular formula is C22H23F2N3O4S. The van der Waals surface area contributed by atoms with Gasteiger partial charge in [0.2, 0.25) is 0 Å². The van der Waals surface area contributed by atoms with Crippen molar-refractivity contribution >= 4 is 27.4 Å². The number of carbonyl (C=O) groups is 1. The molecule has 0 aliphatic carbocycles. The van der Waals surface area contributed by atoms with E-state index in [2.05, 4.69) is 9.46 Å². The fourth-order valence-corrected chi connectivity index (χ4v) is 5.08. The van der Waals surface area contributed by atoms with Gasteiger partial charge in [0.05, 0.1) is 47.1 Å². The van der Waals surface area contributed by atoms with Crippen LogP contribution in [0.2, 0.25) is 0 Å². The smallest absolute Gasteiger partial charge is 0.337 e. The molecule has 0 radical (unpaired) electrons. The van der Waals surface area contributed by atoms with Gasteiger partial charge in [-0.3, -0.25) is 4.72 Å². The number of nitrogens with zero attached hydrogens (tertiary/aromatic N) is 2. The van der Waals surface area contributed by atoms with Gasteiger partial charge in [-0.25, -0.2) is 22.0 Å². The Morgan fingerprint density at radius 1 is 1.28 bits per heavy atom. The third kappa shape index (κ3) is 4.99. The Morgan fingerprint density at radius 3 is 2.66 bits per heavy atom. The highest BCUT2D eigenvalue weighted by Gasteiger charge is 2.36. The Balaban J connectivity index is 2.06. The van der Waals surface area contributed by atoms with Crippen LogP contribution in [-0.4, -0.2) is 40.5 Å². The fraction of sp³-hybridized carbons (Fsp3) is 0.364. The monoisotopic (exact) mass is 463 g/mol. The van der Waals surface area contributed by atoms with E-state index in [4.69, 9.17) is 0 Å². The number of hydrogen-bond donors (Lipinski definition) is 1. The number of alkyl halides is 2. The third-order valence-corrected chi connectivity index (χ3v) is 6.71. The molecule has 7 nitrogen and oxygen atoms in total. The molecule has 0 bridgehead atoms. The second-order valence-corrected chi connectivity index (χ2v) is 9.15. The number of aryl methyl sites for hydroxylation is 1. The van der Waals surface area contributed by atoms with E-state index in [1.807, 2.05) is 6.07 Å². The molecule has 1 heterocycles. The number of piperidine rings is 1. The van der Waals surface area contributed by atoms with Gasteiger partial charge in [-0.15, -0.1) is 0 Å². The van der Waals surface area contributed by atoms with Crippen LogP contribution in [0.25, 0.3) is 0 Å². The quantitative estimate of drug-likeness (QED) is 0.652. The Labute approximate surface area is 185 Å². The number of benzene rings is 2. The predicted octanol–water partition coefficient (Wildman–Crippen LogP) is 3.94. The summed E-state index contributed by atoms with van der Waals surface area (Å²) in [5.74, 6) is -3.58. The van der Waals surface area contributed by atoms with Crippen LogP contribution < -0.4 is 9.62 Å². The Kier molecular flexibility index (Phi) is 6.69. The van der Waals surface area contributed by atoms with Gasteiger partial charge in [0.1, 0.15) is 0 Å². The molecule has 0 unspecified atom stereocenters. The van der Waals surface area contributed by atoms with E-state index in [1.54, 1.807) is 6.92 Å². The van der Waals surface area contributed by atoms with Crippen LogP contribution in [0, 0.1) is 11.3 Å². The van der Waals surface area contributed by atoms with Crippen LogP contribution in [0.1, 0.15) is 41.3 Å². The largest absolute Gasteiger partial charge is 0.465 e. The molecule has 0 aromatic heterocycles. The minimum atomic E-state index is -4.22. The van der Waals surface area contributed by atoms with Gasteiger partial charge in [-0.1, -0.05) is 13.0 Å². The molecule has 0 amide bonds. The molecule has 1 aliphatic heterocycles. The molecule has 2 aromatic rings. The molecular weight excluding hydrogens is 440 g/mol. The molecule has 1 fully saturated rings. The van der Waals surface area contributed by atoms with Crippen LogP contribution in [0.3, 0.4) is 0 Å². The number of nitriles is 1. The van der Waals surface area contributed by atoms with Gasteiger partial charge in [0.25, 0.3) is 15.9 Å². The first-order valence-corrected chi connectivity index (χ1v) is 11.5. The van der Waals surface area contributed by atoms with Crippen molar-refractivity contribution in [2.24, 2.45) is 0 Å². The van der Waals surface area contributed by atoms with E-state index in [-0.39, 0.29) is 40.2 Å². The fourth-order valence-electron chi connectivity index (χ4n) is 3.68. The first kappa shape index (κ1) is 23.5. The number of carbonyl (C=O) groups excluding carboxylic acids is 1. The van der Waals surface area contributed by atoms with Crippen molar-refractivity contribution in [2.75, 3.05) is 29.8 Å². The van der Waals surface area contributed by atoms with E-state index in [1.165, 1.54) is 48.4 Å². The molecule has 0 saturated carbocycles. The number of halogens is 2. The third-order valence-electron chi connectivity index (χ3n) is 5.26. The lowest BCUT2D eigenvalue weighted by atomic mass is 10.1. The number of sulfonamides is 1. The summed E-state index contributed by atoms with van der Waals surface area (Å²) in [5, 5.41) is 9.26. The summed E-state index contributed by atoms with van der Waals surface area (Å²) in [4.78, 5) is 13.2. The topological polar surface area (TPSA) is 99.5 Å². The lowest BCUT2D eigenvalue weighted by molar-refractivity contribution is -0.0116. The van der Waals surface area contributed by atoms with Crippen LogP contribution >= 0.6 is 0 Å². The number of ether oxygens (including phenoxy) is 1. The van der Waals surface area contributed by atoms with Crippen molar-refractivity contribution < 1.29 is 26.7 Å². The SMILES string of the molecule is CCc1ccc(C(=O)OC)cc1S(=O)(=O)Nc1cc(C#N)ccc1N1CCCC(F)(F)C1. The van der Waals surface area contributed by atoms with Crippen LogP contribution in [0.4, 0.5) is 20.2 Å². The molecule has 32 heavy (non-hydrogen) atoms. The summed E-state index contributed by atoms with van der Waals surface area (Å²) >= 11 is 0. The van der Waals surface area contributed by atoms with Crippen LogP contribution in [-0.2, 0) is 21.2 Å². The summed E-state index contributed by atoms with van der Waals surface area (Å²) < 4.78 is 61.7. The molecule has 1 saturated heterocycles. The maximum absolute atomic E-state index is 14.0. The predicted molar refractivity (Wildman–Crippen MR) is 116 cm³/mol. The number of esters is 1. The summed E-state index contributed by atoms with van der Waals surface area (Å²) in [6, 6.07) is 10.4. The number of anilines is 2. The lowest BCUT2D eigenvalue weighted by Gasteiger charge is -2.35. The van der Waals surface area contributed by atoms with Crippen molar-refractivity contribution in [3.05, 3.63) is 53.1 Å². The molecule has 1 N–H and O–H groups in total. The van der Waals surface area contributed by atoms with Gasteiger partial charge < -0.3 is 9.64 Å². The Bertz CT molecular complexity index is 1180. The Hall–Kier alpha value is -3.19.